The molecule has 0 spiro atoms. The number of hydrogen-bond donors (Lipinski definition) is 2. The average molecular weight is 233 g/mol. The minimum Gasteiger partial charge on any atom is -0.394 e. The molecular weight excluding hydrogens is 218 g/mol. The second-order valence-corrected chi connectivity index (χ2v) is 3.68. The monoisotopic (exact) mass is 233 g/mol. The fourth-order valence-electron chi connectivity index (χ4n) is 1.48. The van der Waals surface area contributed by atoms with E-state index in [1.54, 1.807) is 4.68 Å². The third-order valence-electron chi connectivity index (χ3n) is 2.52. The molecule has 0 saturated carbocycles. The van der Waals surface area contributed by atoms with Crippen molar-refractivity contribution in [1.82, 2.24) is 20.2 Å². The van der Waals surface area contributed by atoms with Crippen molar-refractivity contribution in [3.05, 3.63) is 30.3 Å². The van der Waals surface area contributed by atoms with Crippen molar-refractivity contribution in [3.63, 3.8) is 0 Å². The Morgan fingerprint density at radius 3 is 2.76 bits per heavy atom. The van der Waals surface area contributed by atoms with Crippen molar-refractivity contribution in [3.8, 4) is 5.69 Å². The fourth-order valence-corrected chi connectivity index (χ4v) is 1.48. The number of hydrogen-bond acceptors (Lipinski definition) is 5. The molecule has 0 aliphatic rings. The first-order chi connectivity index (χ1) is 8.35. The van der Waals surface area contributed by atoms with Crippen LogP contribution in [0.2, 0.25) is 0 Å². The number of anilines is 1. The van der Waals surface area contributed by atoms with E-state index in [4.69, 9.17) is 5.11 Å². The molecule has 0 amide bonds. The van der Waals surface area contributed by atoms with Gasteiger partial charge in [0.25, 0.3) is 0 Å². The normalized spacial score (nSPS) is 12.4. The Kier molecular flexibility index (Phi) is 3.66. The molecule has 1 atom stereocenters. The molecule has 0 aliphatic carbocycles. The molecule has 0 aliphatic heterocycles. The molecule has 0 bridgehead atoms. The Balaban J connectivity index is 2.23. The number of rotatable bonds is 5. The van der Waals surface area contributed by atoms with Crippen molar-refractivity contribution >= 4 is 5.95 Å². The summed E-state index contributed by atoms with van der Waals surface area (Å²) in [5.74, 6) is 0.539. The average Bonchev–Trinajstić information content (AvgIpc) is 2.85. The Hall–Kier alpha value is -1.95. The van der Waals surface area contributed by atoms with Gasteiger partial charge in [-0.05, 0) is 29.0 Å². The third kappa shape index (κ3) is 2.59. The predicted molar refractivity (Wildman–Crippen MR) is 63.9 cm³/mol. The number of para-hydroxylation sites is 1. The predicted octanol–water partition coefficient (Wildman–Crippen LogP) is 0.845. The summed E-state index contributed by atoms with van der Waals surface area (Å²) in [5, 5.41) is 23.7. The van der Waals surface area contributed by atoms with Crippen LogP contribution in [0.5, 0.6) is 0 Å². The highest BCUT2D eigenvalue weighted by atomic mass is 16.3. The van der Waals surface area contributed by atoms with Gasteiger partial charge < -0.3 is 10.4 Å². The number of tetrazole rings is 1. The molecule has 0 radical (unpaired) electrons. The van der Waals surface area contributed by atoms with Crippen LogP contribution < -0.4 is 5.32 Å². The zero-order chi connectivity index (χ0) is 12.1. The van der Waals surface area contributed by atoms with Crippen molar-refractivity contribution < 1.29 is 5.11 Å². The lowest BCUT2D eigenvalue weighted by atomic mass is 10.2. The lowest BCUT2D eigenvalue weighted by Crippen LogP contribution is -2.24. The molecule has 17 heavy (non-hydrogen) atoms. The third-order valence-corrected chi connectivity index (χ3v) is 2.52. The largest absolute Gasteiger partial charge is 0.394 e. The smallest absolute Gasteiger partial charge is 0.248 e. The van der Waals surface area contributed by atoms with Gasteiger partial charge in [0, 0.05) is 0 Å². The van der Waals surface area contributed by atoms with Crippen LogP contribution in [0.3, 0.4) is 0 Å². The Morgan fingerprint density at radius 2 is 2.12 bits per heavy atom. The van der Waals surface area contributed by atoms with Gasteiger partial charge in [-0.2, -0.15) is 4.68 Å². The van der Waals surface area contributed by atoms with Crippen LogP contribution in [-0.4, -0.2) is 38.0 Å². The van der Waals surface area contributed by atoms with E-state index in [0.717, 1.165) is 12.1 Å². The van der Waals surface area contributed by atoms with Gasteiger partial charge in [-0.3, -0.25) is 0 Å². The maximum atomic E-state index is 9.15. The number of benzene rings is 1. The summed E-state index contributed by atoms with van der Waals surface area (Å²) in [6, 6.07) is 9.57. The summed E-state index contributed by atoms with van der Waals surface area (Å²) in [4.78, 5) is 0. The summed E-state index contributed by atoms with van der Waals surface area (Å²) in [6.07, 6.45) is 0.804. The zero-order valence-corrected chi connectivity index (χ0v) is 9.61. The minimum absolute atomic E-state index is 0.0385. The van der Waals surface area contributed by atoms with Crippen LogP contribution in [0.4, 0.5) is 5.95 Å². The molecular formula is C11H15N5O. The van der Waals surface area contributed by atoms with Crippen LogP contribution in [0.1, 0.15) is 13.3 Å². The van der Waals surface area contributed by atoms with Crippen molar-refractivity contribution in [2.45, 2.75) is 19.4 Å². The lowest BCUT2D eigenvalue weighted by Gasteiger charge is -2.14. The van der Waals surface area contributed by atoms with Crippen LogP contribution in [-0.2, 0) is 0 Å². The first-order valence-corrected chi connectivity index (χ1v) is 5.56. The van der Waals surface area contributed by atoms with Crippen molar-refractivity contribution in [2.24, 2.45) is 0 Å². The van der Waals surface area contributed by atoms with Gasteiger partial charge in [0.15, 0.2) is 0 Å². The second-order valence-electron chi connectivity index (χ2n) is 3.68. The van der Waals surface area contributed by atoms with Gasteiger partial charge >= 0.3 is 0 Å². The molecule has 1 unspecified atom stereocenters. The highest BCUT2D eigenvalue weighted by Gasteiger charge is 2.11. The summed E-state index contributed by atoms with van der Waals surface area (Å²) < 4.78 is 1.61. The molecule has 2 N–H and O–H groups in total. The molecule has 6 heteroatoms. The molecule has 2 rings (SSSR count). The quantitative estimate of drug-likeness (QED) is 0.800. The number of nitrogens with one attached hydrogen (secondary N) is 1. The minimum atomic E-state index is -0.0385. The Morgan fingerprint density at radius 1 is 1.35 bits per heavy atom. The molecule has 0 fully saturated rings. The molecule has 2 aromatic rings. The van der Waals surface area contributed by atoms with Crippen LogP contribution in [0.15, 0.2) is 30.3 Å². The maximum absolute atomic E-state index is 9.15. The topological polar surface area (TPSA) is 75.9 Å². The summed E-state index contributed by atoms with van der Waals surface area (Å²) >= 11 is 0. The van der Waals surface area contributed by atoms with E-state index in [2.05, 4.69) is 20.8 Å². The van der Waals surface area contributed by atoms with Crippen LogP contribution in [0, 0.1) is 0 Å². The van der Waals surface area contributed by atoms with E-state index in [0.29, 0.717) is 5.95 Å². The molecule has 90 valence electrons. The molecule has 0 saturated heterocycles. The van der Waals surface area contributed by atoms with Crippen LogP contribution >= 0.6 is 0 Å². The number of nitrogens with zero attached hydrogens (tertiary/aromatic N) is 4. The van der Waals surface area contributed by atoms with E-state index in [9.17, 15) is 0 Å². The van der Waals surface area contributed by atoms with Gasteiger partial charge in [0.05, 0.1) is 18.3 Å². The van der Waals surface area contributed by atoms with Gasteiger partial charge in [-0.1, -0.05) is 30.2 Å². The van der Waals surface area contributed by atoms with E-state index in [-0.39, 0.29) is 12.6 Å². The van der Waals surface area contributed by atoms with Gasteiger partial charge in [0.2, 0.25) is 5.95 Å². The van der Waals surface area contributed by atoms with E-state index in [1.165, 1.54) is 0 Å². The second kappa shape index (κ2) is 5.40. The highest BCUT2D eigenvalue weighted by Crippen LogP contribution is 2.11. The van der Waals surface area contributed by atoms with E-state index < -0.39 is 0 Å². The zero-order valence-electron chi connectivity index (χ0n) is 9.61. The number of aliphatic hydroxyl groups excluding tert-OH is 1. The summed E-state index contributed by atoms with van der Waals surface area (Å²) in [6.45, 7) is 2.04. The van der Waals surface area contributed by atoms with E-state index >= 15 is 0 Å². The summed E-state index contributed by atoms with van der Waals surface area (Å²) in [7, 11) is 0. The Bertz CT molecular complexity index is 452. The van der Waals surface area contributed by atoms with Crippen LogP contribution in [0.25, 0.3) is 5.69 Å². The SMILES string of the molecule is CCC(CO)Nc1nnnn1-c1ccccc1. The van der Waals surface area contributed by atoms with Crippen molar-refractivity contribution in [1.29, 1.82) is 0 Å². The molecule has 1 heterocycles. The first-order valence-electron chi connectivity index (χ1n) is 5.56. The van der Waals surface area contributed by atoms with Gasteiger partial charge in [-0.15, -0.1) is 0 Å². The van der Waals surface area contributed by atoms with Crippen molar-refractivity contribution in [2.75, 3.05) is 11.9 Å². The Labute approximate surface area is 99.3 Å². The maximum Gasteiger partial charge on any atom is 0.248 e. The summed E-state index contributed by atoms with van der Waals surface area (Å²) in [5.41, 5.74) is 0.882. The lowest BCUT2D eigenvalue weighted by molar-refractivity contribution is 0.271. The molecule has 6 nitrogen and oxygen atoms in total. The fraction of sp³-hybridized carbons (Fsp3) is 0.364. The van der Waals surface area contributed by atoms with Gasteiger partial charge in [0.1, 0.15) is 0 Å². The first kappa shape index (κ1) is 11.5. The number of aliphatic hydroxyl groups is 1. The molecule has 1 aromatic heterocycles. The van der Waals surface area contributed by atoms with Gasteiger partial charge in [-0.25, -0.2) is 0 Å². The van der Waals surface area contributed by atoms with E-state index in [1.807, 2.05) is 37.3 Å². The number of aromatic nitrogens is 4. The molecule has 1 aromatic carbocycles. The highest BCUT2D eigenvalue weighted by molar-refractivity contribution is 5.38. The standard InChI is InChI=1S/C11H15N5O/c1-2-9(8-17)12-11-13-14-15-16(11)10-6-4-3-5-7-10/h3-7,9,17H,2,8H2,1H3,(H,12,13,15).